The van der Waals surface area contributed by atoms with Crippen LogP contribution in [0.1, 0.15) is 30.1 Å². The number of Topliss-reactive ketones (excluding diaryl/α,β-unsaturated/α-hetero) is 1. The zero-order chi connectivity index (χ0) is 23.4. The minimum atomic E-state index is -1.24. The van der Waals surface area contributed by atoms with Crippen molar-refractivity contribution in [1.29, 1.82) is 0 Å². The van der Waals surface area contributed by atoms with E-state index >= 15 is 0 Å². The maximum atomic E-state index is 12.7. The molecule has 1 aromatic carbocycles. The molecule has 10 nitrogen and oxygen atoms in total. The third-order valence-electron chi connectivity index (χ3n) is 5.64. The molecule has 1 aromatic heterocycles. The van der Waals surface area contributed by atoms with Crippen LogP contribution in [0.15, 0.2) is 36.5 Å². The van der Waals surface area contributed by atoms with E-state index in [4.69, 9.17) is 5.11 Å². The number of likely N-dealkylation sites (tertiary alicyclic amines) is 1. The number of para-hydroxylation sites is 1. The van der Waals surface area contributed by atoms with Crippen molar-refractivity contribution in [3.05, 3.63) is 42.1 Å². The van der Waals surface area contributed by atoms with E-state index in [0.717, 1.165) is 4.90 Å². The molecule has 1 aliphatic rings. The van der Waals surface area contributed by atoms with Crippen LogP contribution in [0.5, 0.6) is 0 Å². The van der Waals surface area contributed by atoms with Crippen LogP contribution in [0, 0.1) is 0 Å². The van der Waals surface area contributed by atoms with E-state index in [1.807, 2.05) is 0 Å². The minimum Gasteiger partial charge on any atom is -0.480 e. The second kappa shape index (κ2) is 9.54. The van der Waals surface area contributed by atoms with Crippen LogP contribution in [0.2, 0.25) is 0 Å². The number of ketones is 1. The van der Waals surface area contributed by atoms with Gasteiger partial charge in [0.15, 0.2) is 0 Å². The van der Waals surface area contributed by atoms with E-state index in [-0.39, 0.29) is 13.1 Å². The molecule has 0 spiro atoms. The number of benzene rings is 1. The molecule has 3 amide bonds. The smallest absolute Gasteiger partial charge is 0.326 e. The van der Waals surface area contributed by atoms with Gasteiger partial charge in [-0.2, -0.15) is 0 Å². The summed E-state index contributed by atoms with van der Waals surface area (Å²) >= 11 is 0. The molecule has 3 rings (SSSR count). The summed E-state index contributed by atoms with van der Waals surface area (Å²) in [5.74, 6) is -3.98. The van der Waals surface area contributed by atoms with Crippen molar-refractivity contribution in [3.63, 3.8) is 0 Å². The van der Waals surface area contributed by atoms with Crippen LogP contribution in [0.3, 0.4) is 0 Å². The molecule has 0 saturated carbocycles. The largest absolute Gasteiger partial charge is 0.480 e. The number of nitrogens with one attached hydrogen (secondary N) is 1. The molecule has 10 heteroatoms. The zero-order valence-electron chi connectivity index (χ0n) is 17.8. The van der Waals surface area contributed by atoms with Gasteiger partial charge in [0.05, 0.1) is 17.6 Å². The molecule has 1 aliphatic heterocycles. The fourth-order valence-electron chi connectivity index (χ4n) is 3.64. The quantitative estimate of drug-likeness (QED) is 0.597. The molecule has 1 fully saturated rings. The molecular weight excluding hydrogens is 416 g/mol. The first-order chi connectivity index (χ1) is 15.2. The van der Waals surface area contributed by atoms with E-state index in [0.29, 0.717) is 29.3 Å². The van der Waals surface area contributed by atoms with Gasteiger partial charge in [0.1, 0.15) is 12.1 Å². The Kier molecular flexibility index (Phi) is 6.82. The van der Waals surface area contributed by atoms with Crippen molar-refractivity contribution in [2.45, 2.75) is 31.8 Å². The summed E-state index contributed by atoms with van der Waals surface area (Å²) in [5, 5.41) is 12.3. The molecule has 0 radical (unpaired) electrons. The predicted molar refractivity (Wildman–Crippen MR) is 114 cm³/mol. The highest BCUT2D eigenvalue weighted by atomic mass is 16.4. The number of pyridine rings is 1. The number of carbonyl (C=O) groups is 5. The van der Waals surface area contributed by atoms with Gasteiger partial charge in [0.25, 0.3) is 11.8 Å². The Morgan fingerprint density at radius 3 is 2.66 bits per heavy atom. The Bertz CT molecular complexity index is 1080. The molecule has 2 N–H and O–H groups in total. The molecule has 0 bridgehead atoms. The van der Waals surface area contributed by atoms with Crippen molar-refractivity contribution < 1.29 is 29.1 Å². The number of aromatic nitrogens is 1. The first-order valence-corrected chi connectivity index (χ1v) is 10.2. The van der Waals surface area contributed by atoms with Gasteiger partial charge in [-0.05, 0) is 31.9 Å². The number of likely N-dealkylation sites (N-methyl/N-ethyl adjacent to an activating group) is 1. The normalized spacial score (nSPS) is 16.4. The van der Waals surface area contributed by atoms with Gasteiger partial charge in [-0.25, -0.2) is 4.79 Å². The van der Waals surface area contributed by atoms with E-state index in [9.17, 15) is 24.0 Å². The Hall–Kier alpha value is -3.82. The molecule has 168 valence electrons. The van der Waals surface area contributed by atoms with E-state index in [1.54, 1.807) is 30.3 Å². The number of carbonyl (C=O) groups excluding carboxylic acids is 4. The van der Waals surface area contributed by atoms with Gasteiger partial charge in [0, 0.05) is 25.2 Å². The Morgan fingerprint density at radius 2 is 1.94 bits per heavy atom. The highest BCUT2D eigenvalue weighted by Gasteiger charge is 2.39. The molecule has 2 atom stereocenters. The molecule has 1 saturated heterocycles. The number of amides is 3. The van der Waals surface area contributed by atoms with Crippen LogP contribution in [-0.4, -0.2) is 81.6 Å². The van der Waals surface area contributed by atoms with Crippen molar-refractivity contribution >= 4 is 40.4 Å². The molecule has 2 heterocycles. The number of fused-ring (bicyclic) bond motifs is 1. The van der Waals surface area contributed by atoms with Crippen molar-refractivity contribution in [1.82, 2.24) is 20.1 Å². The highest BCUT2D eigenvalue weighted by molar-refractivity contribution is 6.38. The van der Waals surface area contributed by atoms with Crippen LogP contribution in [0.25, 0.3) is 10.9 Å². The number of hydrogen-bond donors (Lipinski definition) is 2. The summed E-state index contributed by atoms with van der Waals surface area (Å²) in [6, 6.07) is 6.53. The number of hydrogen-bond acceptors (Lipinski definition) is 6. The van der Waals surface area contributed by atoms with Gasteiger partial charge in [-0.3, -0.25) is 24.2 Å². The van der Waals surface area contributed by atoms with Crippen molar-refractivity contribution in [2.75, 3.05) is 20.1 Å². The second-order valence-electron chi connectivity index (χ2n) is 7.60. The Balaban J connectivity index is 1.65. The summed E-state index contributed by atoms with van der Waals surface area (Å²) in [5.41, 5.74) is 1.02. The first kappa shape index (κ1) is 22.9. The van der Waals surface area contributed by atoms with E-state index in [1.165, 1.54) is 25.1 Å². The topological polar surface area (TPSA) is 137 Å². The monoisotopic (exact) mass is 440 g/mol. The average Bonchev–Trinajstić information content (AvgIpc) is 3.30. The average molecular weight is 440 g/mol. The maximum absolute atomic E-state index is 12.7. The standard InChI is InChI=1S/C22H24N4O6/c1-13(22(31)32)25(2)21(30)19(28)17-8-5-11-26(17)18(27)12-24-20(29)15-9-10-23-16-7-4-3-6-14(15)16/h3-4,6-7,9-10,13,17H,5,8,11-12H2,1-2H3,(H,24,29)(H,31,32)/t13-,17?/m0/s1. The summed E-state index contributed by atoms with van der Waals surface area (Å²) in [6.07, 6.45) is 2.33. The van der Waals surface area contributed by atoms with Crippen LogP contribution in [-0.2, 0) is 19.2 Å². The molecular formula is C22H24N4O6. The zero-order valence-corrected chi connectivity index (χ0v) is 17.8. The lowest BCUT2D eigenvalue weighted by molar-refractivity contribution is -0.154. The summed E-state index contributed by atoms with van der Waals surface area (Å²) in [7, 11) is 1.24. The number of rotatable bonds is 7. The lowest BCUT2D eigenvalue weighted by atomic mass is 10.1. The van der Waals surface area contributed by atoms with Crippen LogP contribution in [0.4, 0.5) is 0 Å². The van der Waals surface area contributed by atoms with Gasteiger partial charge in [-0.15, -0.1) is 0 Å². The van der Waals surface area contributed by atoms with Gasteiger partial charge in [0.2, 0.25) is 11.7 Å². The van der Waals surface area contributed by atoms with Gasteiger partial charge in [-0.1, -0.05) is 18.2 Å². The van der Waals surface area contributed by atoms with Crippen LogP contribution < -0.4 is 5.32 Å². The highest BCUT2D eigenvalue weighted by Crippen LogP contribution is 2.20. The summed E-state index contributed by atoms with van der Waals surface area (Å²) < 4.78 is 0. The fourth-order valence-corrected chi connectivity index (χ4v) is 3.64. The van der Waals surface area contributed by atoms with E-state index in [2.05, 4.69) is 10.3 Å². The third kappa shape index (κ3) is 4.58. The Morgan fingerprint density at radius 1 is 1.22 bits per heavy atom. The SMILES string of the molecule is C[C@@H](C(=O)O)N(C)C(=O)C(=O)C1CCCN1C(=O)CNC(=O)c1ccnc2ccccc12. The number of carboxylic acid groups (broad SMARTS) is 1. The predicted octanol–water partition coefficient (Wildman–Crippen LogP) is 0.456. The van der Waals surface area contributed by atoms with E-state index < -0.39 is 41.6 Å². The lowest BCUT2D eigenvalue weighted by Gasteiger charge is -2.26. The fraction of sp³-hybridized carbons (Fsp3) is 0.364. The Labute approximate surface area is 184 Å². The van der Waals surface area contributed by atoms with Crippen molar-refractivity contribution in [2.24, 2.45) is 0 Å². The van der Waals surface area contributed by atoms with Crippen LogP contribution >= 0.6 is 0 Å². The number of carboxylic acids is 1. The molecule has 0 aliphatic carbocycles. The summed E-state index contributed by atoms with van der Waals surface area (Å²) in [6.45, 7) is 1.23. The number of nitrogens with zero attached hydrogens (tertiary/aromatic N) is 3. The summed E-state index contributed by atoms with van der Waals surface area (Å²) in [4.78, 5) is 67.9. The van der Waals surface area contributed by atoms with Crippen molar-refractivity contribution in [3.8, 4) is 0 Å². The molecule has 2 aromatic rings. The third-order valence-corrected chi connectivity index (χ3v) is 5.64. The molecule has 1 unspecified atom stereocenters. The second-order valence-corrected chi connectivity index (χ2v) is 7.60. The minimum absolute atomic E-state index is 0.273. The first-order valence-electron chi connectivity index (χ1n) is 10.2. The molecule has 32 heavy (non-hydrogen) atoms. The maximum Gasteiger partial charge on any atom is 0.326 e. The van der Waals surface area contributed by atoms with Gasteiger partial charge < -0.3 is 20.2 Å². The lowest BCUT2D eigenvalue weighted by Crippen LogP contribution is -2.52. The van der Waals surface area contributed by atoms with Gasteiger partial charge >= 0.3 is 5.97 Å². The number of aliphatic carboxylic acids is 1.